The van der Waals surface area contributed by atoms with Gasteiger partial charge in [0.25, 0.3) is 0 Å². The normalized spacial score (nSPS) is 11.6. The highest BCUT2D eigenvalue weighted by Crippen LogP contribution is 2.28. The van der Waals surface area contributed by atoms with Crippen LogP contribution < -0.4 is 15.8 Å². The molecule has 0 aliphatic heterocycles. The molecule has 3 rings (SSSR count). The van der Waals surface area contributed by atoms with Gasteiger partial charge in [-0.05, 0) is 48.4 Å². The van der Waals surface area contributed by atoms with Gasteiger partial charge in [-0.3, -0.25) is 9.78 Å². The summed E-state index contributed by atoms with van der Waals surface area (Å²) in [7, 11) is 0. The number of nitrogens with two attached hydrogens (primary N) is 1. The van der Waals surface area contributed by atoms with Gasteiger partial charge in [0.1, 0.15) is 17.5 Å². The summed E-state index contributed by atoms with van der Waals surface area (Å²) in [5, 5.41) is 3.18. The maximum Gasteiger partial charge on any atom is 0.244 e. The lowest BCUT2D eigenvalue weighted by Crippen LogP contribution is -2.27. The van der Waals surface area contributed by atoms with Crippen molar-refractivity contribution in [1.82, 2.24) is 4.98 Å². The van der Waals surface area contributed by atoms with Gasteiger partial charge in [-0.15, -0.1) is 0 Å². The van der Waals surface area contributed by atoms with Gasteiger partial charge in [-0.25, -0.2) is 0 Å². The number of aryl methyl sites for hydroxylation is 1. The molecule has 126 valence electrons. The monoisotopic (exact) mass is 333 g/mol. The lowest BCUT2D eigenvalue weighted by atomic mass is 10.1. The van der Waals surface area contributed by atoms with Crippen molar-refractivity contribution in [1.29, 1.82) is 0 Å². The third kappa shape index (κ3) is 4.14. The average molecular weight is 333 g/mol. The Morgan fingerprint density at radius 1 is 1.12 bits per heavy atom. The first-order valence-electron chi connectivity index (χ1n) is 7.93. The first-order valence-corrected chi connectivity index (χ1v) is 7.93. The molecule has 0 saturated carbocycles. The number of aromatic nitrogens is 1. The summed E-state index contributed by atoms with van der Waals surface area (Å²) in [6, 6.07) is 18.1. The van der Waals surface area contributed by atoms with E-state index in [1.807, 2.05) is 67.6 Å². The van der Waals surface area contributed by atoms with E-state index in [9.17, 15) is 4.79 Å². The van der Waals surface area contributed by atoms with Gasteiger partial charge < -0.3 is 15.8 Å². The zero-order valence-electron chi connectivity index (χ0n) is 13.8. The molecule has 0 radical (unpaired) electrons. The first-order chi connectivity index (χ1) is 12.1. The molecule has 0 spiro atoms. The quantitative estimate of drug-likeness (QED) is 0.719. The second-order valence-electron chi connectivity index (χ2n) is 5.66. The minimum absolute atomic E-state index is 0.431. The summed E-state index contributed by atoms with van der Waals surface area (Å²) in [5.74, 6) is 0.971. The number of anilines is 1. The van der Waals surface area contributed by atoms with E-state index in [1.165, 1.54) is 0 Å². The van der Waals surface area contributed by atoms with Gasteiger partial charge in [-0.1, -0.05) is 30.3 Å². The van der Waals surface area contributed by atoms with Crippen molar-refractivity contribution < 1.29 is 9.53 Å². The summed E-state index contributed by atoms with van der Waals surface area (Å²) < 4.78 is 5.82. The summed E-state index contributed by atoms with van der Waals surface area (Å²) >= 11 is 0. The minimum atomic E-state index is -0.592. The van der Waals surface area contributed by atoms with Crippen molar-refractivity contribution >= 4 is 11.6 Å². The number of nitrogens with zero attached hydrogens (tertiary/aromatic N) is 1. The van der Waals surface area contributed by atoms with Crippen molar-refractivity contribution in [2.24, 2.45) is 5.73 Å². The molecule has 25 heavy (non-hydrogen) atoms. The number of carbonyl (C=O) groups excluding carboxylic acids is 1. The number of hydrogen-bond donors (Lipinski definition) is 2. The maximum atomic E-state index is 11.8. The second kappa shape index (κ2) is 7.49. The van der Waals surface area contributed by atoms with Crippen LogP contribution in [0.2, 0.25) is 0 Å². The standard InChI is InChI=1S/C20H19N3O2/c1-14-12-16(9-10-18(14)25-17-8-5-11-22-13-17)23-19(20(21)24)15-6-3-2-4-7-15/h2-13,19,23H,1H3,(H2,21,24)/t19-/m0/s1. The van der Waals surface area contributed by atoms with E-state index in [-0.39, 0.29) is 0 Å². The molecule has 0 aliphatic rings. The largest absolute Gasteiger partial charge is 0.455 e. The van der Waals surface area contributed by atoms with Crippen LogP contribution in [0.5, 0.6) is 11.5 Å². The number of primary amides is 1. The van der Waals surface area contributed by atoms with Crippen molar-refractivity contribution in [2.75, 3.05) is 5.32 Å². The Labute approximate surface area is 146 Å². The molecule has 0 unspecified atom stereocenters. The van der Waals surface area contributed by atoms with E-state index in [0.29, 0.717) is 5.75 Å². The van der Waals surface area contributed by atoms with Gasteiger partial charge >= 0.3 is 0 Å². The van der Waals surface area contributed by atoms with Crippen LogP contribution in [-0.2, 0) is 4.79 Å². The molecule has 0 aliphatic carbocycles. The van der Waals surface area contributed by atoms with Gasteiger partial charge in [-0.2, -0.15) is 0 Å². The molecule has 2 aromatic carbocycles. The molecule has 0 saturated heterocycles. The number of carbonyl (C=O) groups is 1. The summed E-state index contributed by atoms with van der Waals surface area (Å²) in [6.07, 6.45) is 3.35. The van der Waals surface area contributed by atoms with Crippen LogP contribution in [0, 0.1) is 6.92 Å². The van der Waals surface area contributed by atoms with Crippen molar-refractivity contribution in [3.05, 3.63) is 84.2 Å². The lowest BCUT2D eigenvalue weighted by Gasteiger charge is -2.18. The van der Waals surface area contributed by atoms with Crippen LogP contribution in [0.4, 0.5) is 5.69 Å². The van der Waals surface area contributed by atoms with Crippen molar-refractivity contribution in [3.63, 3.8) is 0 Å². The molecule has 1 aromatic heterocycles. The molecular formula is C20H19N3O2. The smallest absolute Gasteiger partial charge is 0.244 e. The highest BCUT2D eigenvalue weighted by Gasteiger charge is 2.17. The second-order valence-corrected chi connectivity index (χ2v) is 5.66. The van der Waals surface area contributed by atoms with Crippen LogP contribution in [0.1, 0.15) is 17.2 Å². The summed E-state index contributed by atoms with van der Waals surface area (Å²) in [5.41, 5.74) is 8.11. The predicted molar refractivity (Wildman–Crippen MR) is 97.5 cm³/mol. The number of pyridine rings is 1. The van der Waals surface area contributed by atoms with Crippen molar-refractivity contribution in [3.8, 4) is 11.5 Å². The number of ether oxygens (including phenoxy) is 1. The van der Waals surface area contributed by atoms with Gasteiger partial charge in [0, 0.05) is 11.9 Å². The summed E-state index contributed by atoms with van der Waals surface area (Å²) in [6.45, 7) is 1.94. The van der Waals surface area contributed by atoms with Crippen LogP contribution in [-0.4, -0.2) is 10.9 Å². The topological polar surface area (TPSA) is 77.2 Å². The van der Waals surface area contributed by atoms with E-state index in [2.05, 4.69) is 10.3 Å². The Morgan fingerprint density at radius 3 is 2.56 bits per heavy atom. The Bertz CT molecular complexity index is 851. The van der Waals surface area contributed by atoms with Gasteiger partial charge in [0.05, 0.1) is 6.20 Å². The molecule has 3 N–H and O–H groups in total. The van der Waals surface area contributed by atoms with Crippen LogP contribution >= 0.6 is 0 Å². The van der Waals surface area contributed by atoms with Crippen molar-refractivity contribution in [2.45, 2.75) is 13.0 Å². The Hall–Kier alpha value is -3.34. The van der Waals surface area contributed by atoms with Crippen LogP contribution in [0.15, 0.2) is 73.1 Å². The number of benzene rings is 2. The zero-order chi connectivity index (χ0) is 17.6. The molecule has 5 nitrogen and oxygen atoms in total. The van der Waals surface area contributed by atoms with E-state index in [1.54, 1.807) is 12.4 Å². The molecule has 1 amide bonds. The fourth-order valence-electron chi connectivity index (χ4n) is 2.52. The molecule has 0 fully saturated rings. The van der Waals surface area contributed by atoms with E-state index in [0.717, 1.165) is 22.6 Å². The van der Waals surface area contributed by atoms with Crippen LogP contribution in [0.25, 0.3) is 0 Å². The first kappa shape index (κ1) is 16.5. The third-order valence-corrected chi connectivity index (χ3v) is 3.77. The molecule has 0 bridgehead atoms. The Morgan fingerprint density at radius 2 is 1.92 bits per heavy atom. The van der Waals surface area contributed by atoms with Crippen LogP contribution in [0.3, 0.4) is 0 Å². The third-order valence-electron chi connectivity index (χ3n) is 3.77. The molecule has 1 heterocycles. The van der Waals surface area contributed by atoms with Gasteiger partial charge in [0.15, 0.2) is 0 Å². The number of nitrogens with one attached hydrogen (secondary N) is 1. The Kier molecular flexibility index (Phi) is 4.95. The average Bonchev–Trinajstić information content (AvgIpc) is 2.63. The SMILES string of the molecule is Cc1cc(N[C@H](C(N)=O)c2ccccc2)ccc1Oc1cccnc1. The molecule has 5 heteroatoms. The fourth-order valence-corrected chi connectivity index (χ4v) is 2.52. The van der Waals surface area contributed by atoms with E-state index < -0.39 is 11.9 Å². The number of rotatable bonds is 6. The zero-order valence-corrected chi connectivity index (χ0v) is 13.8. The summed E-state index contributed by atoms with van der Waals surface area (Å²) in [4.78, 5) is 15.9. The highest BCUT2D eigenvalue weighted by atomic mass is 16.5. The Balaban J connectivity index is 1.79. The highest BCUT2D eigenvalue weighted by molar-refractivity contribution is 5.84. The van der Waals surface area contributed by atoms with Gasteiger partial charge in [0.2, 0.25) is 5.91 Å². The number of amides is 1. The van der Waals surface area contributed by atoms with E-state index >= 15 is 0 Å². The predicted octanol–water partition coefficient (Wildman–Crippen LogP) is 3.82. The number of hydrogen-bond acceptors (Lipinski definition) is 4. The van der Waals surface area contributed by atoms with E-state index in [4.69, 9.17) is 10.5 Å². The molecule has 3 aromatic rings. The molecule has 1 atom stereocenters. The maximum absolute atomic E-state index is 11.8. The minimum Gasteiger partial charge on any atom is -0.455 e. The lowest BCUT2D eigenvalue weighted by molar-refractivity contribution is -0.118. The molecular weight excluding hydrogens is 314 g/mol. The fraction of sp³-hybridized carbons (Fsp3) is 0.100.